The molecule has 1 aromatic heterocycles. The van der Waals surface area contributed by atoms with Crippen molar-refractivity contribution in [2.24, 2.45) is 0 Å². The van der Waals surface area contributed by atoms with E-state index in [0.717, 1.165) is 11.1 Å². The van der Waals surface area contributed by atoms with Gasteiger partial charge in [-0.2, -0.15) is 12.6 Å². The summed E-state index contributed by atoms with van der Waals surface area (Å²) < 4.78 is 0. The molecular formula is C27H31N3O3S. The zero-order valence-electron chi connectivity index (χ0n) is 19.7. The molecule has 0 aliphatic carbocycles. The van der Waals surface area contributed by atoms with Crippen LogP contribution >= 0.6 is 12.6 Å². The zero-order chi connectivity index (χ0) is 24.7. The Morgan fingerprint density at radius 2 is 1.71 bits per heavy atom. The SMILES string of the molecule is CC(C)(C)c1ccc(N(C(=O)C(S)CO)[C@@H](C(=O)NCc2ccccc2)c2cccnc2)cc1. The first-order chi connectivity index (χ1) is 16.2. The lowest BCUT2D eigenvalue weighted by Crippen LogP contribution is -2.47. The Morgan fingerprint density at radius 1 is 1.03 bits per heavy atom. The van der Waals surface area contributed by atoms with Gasteiger partial charge in [0.2, 0.25) is 11.8 Å². The molecule has 0 radical (unpaired) electrons. The van der Waals surface area contributed by atoms with E-state index in [0.29, 0.717) is 17.8 Å². The van der Waals surface area contributed by atoms with Gasteiger partial charge in [0, 0.05) is 30.2 Å². The second-order valence-corrected chi connectivity index (χ2v) is 9.72. The fourth-order valence-electron chi connectivity index (χ4n) is 3.60. The Kier molecular flexibility index (Phi) is 8.47. The van der Waals surface area contributed by atoms with Crippen molar-refractivity contribution in [3.63, 3.8) is 0 Å². The zero-order valence-corrected chi connectivity index (χ0v) is 20.6. The van der Waals surface area contributed by atoms with Gasteiger partial charge in [-0.25, -0.2) is 0 Å². The van der Waals surface area contributed by atoms with Crippen LogP contribution in [-0.2, 0) is 21.5 Å². The first-order valence-electron chi connectivity index (χ1n) is 11.2. The van der Waals surface area contributed by atoms with E-state index in [2.05, 4.69) is 43.7 Å². The molecule has 6 nitrogen and oxygen atoms in total. The number of aliphatic hydroxyl groups is 1. The minimum Gasteiger partial charge on any atom is -0.395 e. The van der Waals surface area contributed by atoms with Gasteiger partial charge in [0.1, 0.15) is 11.3 Å². The number of hydrogen-bond donors (Lipinski definition) is 3. The van der Waals surface area contributed by atoms with E-state index in [9.17, 15) is 14.7 Å². The van der Waals surface area contributed by atoms with Gasteiger partial charge in [0.15, 0.2) is 0 Å². The molecule has 3 aromatic rings. The Morgan fingerprint density at radius 3 is 2.26 bits per heavy atom. The lowest BCUT2D eigenvalue weighted by Gasteiger charge is -2.33. The van der Waals surface area contributed by atoms with Gasteiger partial charge in [-0.05, 0) is 34.7 Å². The molecule has 2 amide bonds. The van der Waals surface area contributed by atoms with Crippen LogP contribution in [0.5, 0.6) is 0 Å². The monoisotopic (exact) mass is 477 g/mol. The Hall–Kier alpha value is -3.16. The molecule has 0 bridgehead atoms. The summed E-state index contributed by atoms with van der Waals surface area (Å²) in [5.74, 6) is -0.832. The number of carbonyl (C=O) groups excluding carboxylic acids is 2. The number of aliphatic hydroxyl groups excluding tert-OH is 1. The molecule has 34 heavy (non-hydrogen) atoms. The molecular weight excluding hydrogens is 446 g/mol. The van der Waals surface area contributed by atoms with E-state index < -0.39 is 23.8 Å². The maximum atomic E-state index is 13.6. The van der Waals surface area contributed by atoms with E-state index in [1.807, 2.05) is 54.6 Å². The van der Waals surface area contributed by atoms with E-state index >= 15 is 0 Å². The predicted octanol–water partition coefficient (Wildman–Crippen LogP) is 4.06. The lowest BCUT2D eigenvalue weighted by molar-refractivity contribution is -0.126. The van der Waals surface area contributed by atoms with Gasteiger partial charge in [-0.3, -0.25) is 19.5 Å². The van der Waals surface area contributed by atoms with Gasteiger partial charge in [0.05, 0.1) is 6.61 Å². The van der Waals surface area contributed by atoms with Crippen molar-refractivity contribution < 1.29 is 14.7 Å². The van der Waals surface area contributed by atoms with Gasteiger partial charge in [0.25, 0.3) is 0 Å². The second kappa shape index (κ2) is 11.3. The van der Waals surface area contributed by atoms with Crippen LogP contribution in [0.25, 0.3) is 0 Å². The summed E-state index contributed by atoms with van der Waals surface area (Å²) in [6, 6.07) is 19.6. The Labute approximate surface area is 206 Å². The van der Waals surface area contributed by atoms with Crippen LogP contribution in [0, 0.1) is 0 Å². The van der Waals surface area contributed by atoms with Crippen molar-refractivity contribution in [2.45, 2.75) is 44.0 Å². The molecule has 2 atom stereocenters. The van der Waals surface area contributed by atoms with Crippen LogP contribution in [0.15, 0.2) is 79.1 Å². The van der Waals surface area contributed by atoms with Crippen molar-refractivity contribution in [3.05, 3.63) is 95.8 Å². The number of pyridine rings is 1. The molecule has 7 heteroatoms. The van der Waals surface area contributed by atoms with Gasteiger partial charge < -0.3 is 10.4 Å². The topological polar surface area (TPSA) is 82.5 Å². The van der Waals surface area contributed by atoms with Crippen LogP contribution in [0.4, 0.5) is 5.69 Å². The van der Waals surface area contributed by atoms with Crippen LogP contribution < -0.4 is 10.2 Å². The highest BCUT2D eigenvalue weighted by molar-refractivity contribution is 7.81. The van der Waals surface area contributed by atoms with Gasteiger partial charge in [-0.1, -0.05) is 69.3 Å². The summed E-state index contributed by atoms with van der Waals surface area (Å²) in [7, 11) is 0. The van der Waals surface area contributed by atoms with Crippen molar-refractivity contribution >= 4 is 30.1 Å². The molecule has 1 unspecified atom stereocenters. The van der Waals surface area contributed by atoms with Crippen molar-refractivity contribution in [1.82, 2.24) is 10.3 Å². The highest BCUT2D eigenvalue weighted by Crippen LogP contribution is 2.31. The van der Waals surface area contributed by atoms with Gasteiger partial charge in [-0.15, -0.1) is 0 Å². The molecule has 3 rings (SSSR count). The van der Waals surface area contributed by atoms with Crippen molar-refractivity contribution in [3.8, 4) is 0 Å². The van der Waals surface area contributed by atoms with E-state index in [1.165, 1.54) is 4.90 Å². The smallest absolute Gasteiger partial charge is 0.248 e. The minimum atomic E-state index is -0.994. The maximum Gasteiger partial charge on any atom is 0.248 e. The predicted molar refractivity (Wildman–Crippen MR) is 138 cm³/mol. The third kappa shape index (κ3) is 6.24. The van der Waals surface area contributed by atoms with Crippen LogP contribution in [0.2, 0.25) is 0 Å². The minimum absolute atomic E-state index is 0.0691. The number of hydrogen-bond acceptors (Lipinski definition) is 5. The molecule has 2 aromatic carbocycles. The molecule has 2 N–H and O–H groups in total. The molecule has 178 valence electrons. The molecule has 0 saturated carbocycles. The fraction of sp³-hybridized carbons (Fsp3) is 0.296. The third-order valence-electron chi connectivity index (χ3n) is 5.52. The number of nitrogens with zero attached hydrogens (tertiary/aromatic N) is 2. The molecule has 0 aliphatic rings. The van der Waals surface area contributed by atoms with Gasteiger partial charge >= 0.3 is 0 Å². The third-order valence-corrected chi connectivity index (χ3v) is 5.91. The Bertz CT molecular complexity index is 1080. The average molecular weight is 478 g/mol. The highest BCUT2D eigenvalue weighted by Gasteiger charge is 2.35. The summed E-state index contributed by atoms with van der Waals surface area (Å²) in [6.45, 7) is 6.18. The highest BCUT2D eigenvalue weighted by atomic mass is 32.1. The second-order valence-electron chi connectivity index (χ2n) is 9.10. The number of anilines is 1. The number of benzene rings is 2. The number of aromatic nitrogens is 1. The van der Waals surface area contributed by atoms with Crippen LogP contribution in [-0.4, -0.2) is 33.8 Å². The van der Waals surface area contributed by atoms with E-state index in [4.69, 9.17) is 0 Å². The standard InChI is InChI=1S/C27H31N3O3S/c1-27(2,3)21-11-13-22(14-12-21)30(26(33)23(34)18-31)24(20-10-7-15-28-17-20)25(32)29-16-19-8-5-4-6-9-19/h4-15,17,23-24,31,34H,16,18H2,1-3H3,(H,29,32)/t23?,24-/m1/s1. The normalized spacial score (nSPS) is 13.1. The van der Waals surface area contributed by atoms with E-state index in [1.54, 1.807) is 24.5 Å². The average Bonchev–Trinajstić information content (AvgIpc) is 2.85. The fourth-order valence-corrected chi connectivity index (χ4v) is 3.73. The molecule has 0 spiro atoms. The summed E-state index contributed by atoms with van der Waals surface area (Å²) in [6.07, 6.45) is 3.19. The first-order valence-corrected chi connectivity index (χ1v) is 11.7. The number of nitrogens with one attached hydrogen (secondary N) is 1. The Balaban J connectivity index is 2.04. The lowest BCUT2D eigenvalue weighted by atomic mass is 9.87. The van der Waals surface area contributed by atoms with E-state index in [-0.39, 0.29) is 11.3 Å². The number of carbonyl (C=O) groups is 2. The van der Waals surface area contributed by atoms with Crippen molar-refractivity contribution in [2.75, 3.05) is 11.5 Å². The summed E-state index contributed by atoms with van der Waals surface area (Å²) in [5, 5.41) is 11.6. The van der Waals surface area contributed by atoms with Crippen LogP contribution in [0.3, 0.4) is 0 Å². The van der Waals surface area contributed by atoms with Crippen LogP contribution in [0.1, 0.15) is 43.5 Å². The molecule has 0 saturated heterocycles. The number of amides is 2. The number of rotatable bonds is 8. The van der Waals surface area contributed by atoms with Crippen molar-refractivity contribution in [1.29, 1.82) is 0 Å². The quantitative estimate of drug-likeness (QED) is 0.427. The molecule has 0 aliphatic heterocycles. The first kappa shape index (κ1) is 25.5. The summed E-state index contributed by atoms with van der Waals surface area (Å²) in [4.78, 5) is 32.6. The maximum absolute atomic E-state index is 13.6. The largest absolute Gasteiger partial charge is 0.395 e. The molecule has 1 heterocycles. The number of thiol groups is 1. The molecule has 0 fully saturated rings. The summed E-state index contributed by atoms with van der Waals surface area (Å²) in [5.41, 5.74) is 3.06. The summed E-state index contributed by atoms with van der Waals surface area (Å²) >= 11 is 4.28.